The average molecular weight is 307 g/mol. The second kappa shape index (κ2) is 5.54. The van der Waals surface area contributed by atoms with E-state index in [9.17, 15) is 4.79 Å². The van der Waals surface area contributed by atoms with E-state index in [2.05, 4.69) is 29.4 Å². The first kappa shape index (κ1) is 13.6. The van der Waals surface area contributed by atoms with Crippen LogP contribution in [0.3, 0.4) is 0 Å². The third kappa shape index (κ3) is 2.86. The fraction of sp³-hybridized carbons (Fsp3) is 0.429. The lowest BCUT2D eigenvalue weighted by Crippen LogP contribution is -2.32. The van der Waals surface area contributed by atoms with Crippen LogP contribution < -0.4 is 5.32 Å². The van der Waals surface area contributed by atoms with Crippen LogP contribution in [0.5, 0.6) is 0 Å². The van der Waals surface area contributed by atoms with E-state index in [0.29, 0.717) is 18.3 Å². The van der Waals surface area contributed by atoms with Crippen molar-refractivity contribution in [1.82, 2.24) is 9.88 Å². The molecule has 20 heavy (non-hydrogen) atoms. The fourth-order valence-corrected chi connectivity index (χ4v) is 3.66. The van der Waals surface area contributed by atoms with E-state index in [-0.39, 0.29) is 5.91 Å². The quantitative estimate of drug-likeness (QED) is 0.921. The zero-order valence-electron chi connectivity index (χ0n) is 11.5. The van der Waals surface area contributed by atoms with Crippen LogP contribution in [0.15, 0.2) is 17.5 Å². The molecule has 2 heterocycles. The summed E-state index contributed by atoms with van der Waals surface area (Å²) in [7, 11) is 1.82. The Balaban J connectivity index is 1.77. The number of thiazole rings is 1. The second-order valence-electron chi connectivity index (χ2n) is 4.96. The SMILES string of the molecule is CNc1nc(C(=O)N(Cc2ccc(C)s2)C2CC2)cs1. The highest BCUT2D eigenvalue weighted by Gasteiger charge is 2.34. The first-order chi connectivity index (χ1) is 9.67. The summed E-state index contributed by atoms with van der Waals surface area (Å²) in [5.41, 5.74) is 0.555. The molecule has 0 bridgehead atoms. The van der Waals surface area contributed by atoms with Crippen LogP contribution >= 0.6 is 22.7 Å². The first-order valence-electron chi connectivity index (χ1n) is 6.67. The molecule has 6 heteroatoms. The zero-order valence-corrected chi connectivity index (χ0v) is 13.2. The van der Waals surface area contributed by atoms with Gasteiger partial charge in [0.25, 0.3) is 5.91 Å². The van der Waals surface area contributed by atoms with Gasteiger partial charge in [0.2, 0.25) is 0 Å². The standard InChI is InChI=1S/C14H17N3OS2/c1-9-3-6-11(20-9)7-17(10-4-5-10)13(18)12-8-19-14(15-2)16-12/h3,6,8,10H,4-5,7H2,1-2H3,(H,15,16). The number of carbonyl (C=O) groups is 1. The lowest BCUT2D eigenvalue weighted by atomic mass is 10.3. The molecule has 1 aliphatic carbocycles. The molecule has 0 saturated heterocycles. The zero-order chi connectivity index (χ0) is 14.1. The van der Waals surface area contributed by atoms with Gasteiger partial charge < -0.3 is 10.2 Å². The molecule has 4 nitrogen and oxygen atoms in total. The minimum absolute atomic E-state index is 0.0521. The molecule has 2 aromatic heterocycles. The van der Waals surface area contributed by atoms with Crippen molar-refractivity contribution in [3.8, 4) is 0 Å². The number of hydrogen-bond acceptors (Lipinski definition) is 5. The van der Waals surface area contributed by atoms with Crippen molar-refractivity contribution in [3.05, 3.63) is 33.0 Å². The van der Waals surface area contributed by atoms with Crippen molar-refractivity contribution in [2.24, 2.45) is 0 Å². The van der Waals surface area contributed by atoms with Crippen LogP contribution in [0.25, 0.3) is 0 Å². The van der Waals surface area contributed by atoms with Gasteiger partial charge in [-0.1, -0.05) is 0 Å². The Kier molecular flexibility index (Phi) is 3.76. The van der Waals surface area contributed by atoms with E-state index >= 15 is 0 Å². The van der Waals surface area contributed by atoms with Crippen LogP contribution in [0.2, 0.25) is 0 Å². The molecule has 0 spiro atoms. The molecule has 0 aromatic carbocycles. The molecule has 0 unspecified atom stereocenters. The maximum atomic E-state index is 12.6. The Labute approximate surface area is 126 Å². The number of nitrogens with zero attached hydrogens (tertiary/aromatic N) is 2. The summed E-state index contributed by atoms with van der Waals surface area (Å²) in [6, 6.07) is 4.62. The molecular weight excluding hydrogens is 290 g/mol. The molecule has 1 N–H and O–H groups in total. The van der Waals surface area contributed by atoms with E-state index in [4.69, 9.17) is 0 Å². The van der Waals surface area contributed by atoms with Crippen molar-refractivity contribution in [1.29, 1.82) is 0 Å². The highest BCUT2D eigenvalue weighted by Crippen LogP contribution is 2.31. The summed E-state index contributed by atoms with van der Waals surface area (Å²) in [5.74, 6) is 0.0521. The minimum Gasteiger partial charge on any atom is -0.365 e. The Morgan fingerprint density at radius 2 is 2.30 bits per heavy atom. The predicted molar refractivity (Wildman–Crippen MR) is 83.6 cm³/mol. The van der Waals surface area contributed by atoms with Crippen molar-refractivity contribution >= 4 is 33.7 Å². The Morgan fingerprint density at radius 3 is 2.85 bits per heavy atom. The average Bonchev–Trinajstić information content (AvgIpc) is 3.02. The van der Waals surface area contributed by atoms with Crippen LogP contribution in [0, 0.1) is 6.92 Å². The van der Waals surface area contributed by atoms with Crippen molar-refractivity contribution in [2.45, 2.75) is 32.4 Å². The number of carbonyl (C=O) groups excluding carboxylic acids is 1. The van der Waals surface area contributed by atoms with Gasteiger partial charge in [-0.05, 0) is 31.9 Å². The van der Waals surface area contributed by atoms with Gasteiger partial charge in [-0.3, -0.25) is 4.79 Å². The normalized spacial score (nSPS) is 14.3. The van der Waals surface area contributed by atoms with Crippen LogP contribution in [-0.2, 0) is 6.54 Å². The lowest BCUT2D eigenvalue weighted by molar-refractivity contribution is 0.0726. The highest BCUT2D eigenvalue weighted by molar-refractivity contribution is 7.13. The Morgan fingerprint density at radius 1 is 1.50 bits per heavy atom. The maximum Gasteiger partial charge on any atom is 0.273 e. The molecule has 1 aliphatic rings. The molecule has 1 fully saturated rings. The van der Waals surface area contributed by atoms with E-state index in [1.54, 1.807) is 11.3 Å². The first-order valence-corrected chi connectivity index (χ1v) is 8.36. The van der Waals surface area contributed by atoms with Gasteiger partial charge in [-0.25, -0.2) is 4.98 Å². The summed E-state index contributed by atoms with van der Waals surface area (Å²) >= 11 is 3.23. The van der Waals surface area contributed by atoms with Gasteiger partial charge >= 0.3 is 0 Å². The second-order valence-corrected chi connectivity index (χ2v) is 7.20. The molecule has 0 radical (unpaired) electrons. The summed E-state index contributed by atoms with van der Waals surface area (Å²) in [4.78, 5) is 21.4. The summed E-state index contributed by atoms with van der Waals surface area (Å²) < 4.78 is 0. The van der Waals surface area contributed by atoms with Gasteiger partial charge in [-0.2, -0.15) is 0 Å². The monoisotopic (exact) mass is 307 g/mol. The highest BCUT2D eigenvalue weighted by atomic mass is 32.1. The third-order valence-corrected chi connectivity index (χ3v) is 5.15. The van der Waals surface area contributed by atoms with Crippen LogP contribution in [0.1, 0.15) is 33.1 Å². The van der Waals surface area contributed by atoms with Gasteiger partial charge in [-0.15, -0.1) is 22.7 Å². The van der Waals surface area contributed by atoms with E-state index in [1.165, 1.54) is 21.1 Å². The largest absolute Gasteiger partial charge is 0.365 e. The number of anilines is 1. The lowest BCUT2D eigenvalue weighted by Gasteiger charge is -2.20. The van der Waals surface area contributed by atoms with Gasteiger partial charge in [0, 0.05) is 28.2 Å². The number of thiophene rings is 1. The van der Waals surface area contributed by atoms with Crippen LogP contribution in [-0.4, -0.2) is 28.9 Å². The number of rotatable bonds is 5. The predicted octanol–water partition coefficient (Wildman–Crippen LogP) is 3.36. The molecule has 3 rings (SSSR count). The number of aromatic nitrogens is 1. The van der Waals surface area contributed by atoms with Gasteiger partial charge in [0.15, 0.2) is 5.13 Å². The van der Waals surface area contributed by atoms with Crippen molar-refractivity contribution in [2.75, 3.05) is 12.4 Å². The van der Waals surface area contributed by atoms with Crippen LogP contribution in [0.4, 0.5) is 5.13 Å². The molecule has 1 amide bonds. The van der Waals surface area contributed by atoms with Crippen molar-refractivity contribution in [3.63, 3.8) is 0 Å². The fourth-order valence-electron chi connectivity index (χ4n) is 2.12. The van der Waals surface area contributed by atoms with E-state index < -0.39 is 0 Å². The molecule has 106 valence electrons. The molecule has 1 saturated carbocycles. The topological polar surface area (TPSA) is 45.2 Å². The Bertz CT molecular complexity index is 615. The minimum atomic E-state index is 0.0521. The molecular formula is C14H17N3OS2. The number of aryl methyl sites for hydroxylation is 1. The molecule has 0 atom stereocenters. The van der Waals surface area contributed by atoms with E-state index in [0.717, 1.165) is 18.0 Å². The third-order valence-electron chi connectivity index (χ3n) is 3.31. The van der Waals surface area contributed by atoms with Gasteiger partial charge in [0.05, 0.1) is 6.54 Å². The van der Waals surface area contributed by atoms with Crippen molar-refractivity contribution < 1.29 is 4.79 Å². The summed E-state index contributed by atoms with van der Waals surface area (Å²) in [5, 5.41) is 5.60. The summed E-state index contributed by atoms with van der Waals surface area (Å²) in [6.07, 6.45) is 2.22. The van der Waals surface area contributed by atoms with E-state index in [1.807, 2.05) is 17.3 Å². The molecule has 0 aliphatic heterocycles. The number of hydrogen-bond donors (Lipinski definition) is 1. The van der Waals surface area contributed by atoms with Gasteiger partial charge in [0.1, 0.15) is 5.69 Å². The smallest absolute Gasteiger partial charge is 0.273 e. The summed E-state index contributed by atoms with van der Waals surface area (Å²) in [6.45, 7) is 2.80. The number of nitrogens with one attached hydrogen (secondary N) is 1. The molecule has 2 aromatic rings. The number of amides is 1. The maximum absolute atomic E-state index is 12.6. The Hall–Kier alpha value is -1.40.